The quantitative estimate of drug-likeness (QED) is 0.302. The third-order valence-corrected chi connectivity index (χ3v) is 0.454. The van der Waals surface area contributed by atoms with Crippen LogP contribution >= 0.6 is 16.1 Å². The van der Waals surface area contributed by atoms with Gasteiger partial charge in [0.15, 0.2) is 0 Å². The van der Waals surface area contributed by atoms with Gasteiger partial charge in [0.05, 0.1) is 0 Å². The van der Waals surface area contributed by atoms with E-state index in [-0.39, 0.29) is 0 Å². The fraction of sp³-hybridized carbons (Fsp3) is 0. The van der Waals surface area contributed by atoms with Crippen molar-refractivity contribution in [2.75, 3.05) is 0 Å². The standard InChI is InChI=1S/CH3BrN4O/c2-6-5-1(7)4-3/h3,6H,(H,5,7). The summed E-state index contributed by atoms with van der Waals surface area (Å²) in [7, 11) is 0. The molecule has 0 aliphatic carbocycles. The van der Waals surface area contributed by atoms with Gasteiger partial charge in [0.2, 0.25) is 0 Å². The van der Waals surface area contributed by atoms with E-state index in [4.69, 9.17) is 5.53 Å². The number of hydrogen-bond donors (Lipinski definition) is 3. The number of urea groups is 1. The van der Waals surface area contributed by atoms with E-state index in [1.807, 2.05) is 5.43 Å². The first kappa shape index (κ1) is 6.51. The van der Waals surface area contributed by atoms with E-state index in [9.17, 15) is 4.79 Å². The van der Waals surface area contributed by atoms with Crippen LogP contribution in [0.15, 0.2) is 5.11 Å². The Balaban J connectivity index is 3.17. The number of hydrazine groups is 1. The van der Waals surface area contributed by atoms with Gasteiger partial charge in [-0.15, -0.1) is 0 Å². The van der Waals surface area contributed by atoms with Gasteiger partial charge in [-0.1, -0.05) is 5.11 Å². The van der Waals surface area contributed by atoms with E-state index in [1.54, 1.807) is 0 Å². The summed E-state index contributed by atoms with van der Waals surface area (Å²) in [6, 6.07) is -0.739. The number of halogens is 1. The van der Waals surface area contributed by atoms with Crippen LogP contribution in [0.3, 0.4) is 0 Å². The molecule has 0 bridgehead atoms. The summed E-state index contributed by atoms with van der Waals surface area (Å²) in [5.41, 5.74) is 8.03. The molecule has 5 nitrogen and oxygen atoms in total. The molecule has 0 aliphatic heterocycles. The first-order valence-corrected chi connectivity index (χ1v) is 2.13. The zero-order valence-corrected chi connectivity index (χ0v) is 4.82. The summed E-state index contributed by atoms with van der Waals surface area (Å²) < 4.78 is 2.12. The minimum absolute atomic E-state index is 0.739. The van der Waals surface area contributed by atoms with Crippen molar-refractivity contribution in [3.63, 3.8) is 0 Å². The molecule has 0 spiro atoms. The highest BCUT2D eigenvalue weighted by molar-refractivity contribution is 9.08. The van der Waals surface area contributed by atoms with E-state index in [0.29, 0.717) is 0 Å². The second-order valence-electron chi connectivity index (χ2n) is 0.636. The van der Waals surface area contributed by atoms with Crippen molar-refractivity contribution >= 4 is 22.2 Å². The highest BCUT2D eigenvalue weighted by atomic mass is 79.9. The van der Waals surface area contributed by atoms with Gasteiger partial charge in [-0.3, -0.25) is 5.43 Å². The number of amides is 2. The zero-order chi connectivity index (χ0) is 5.70. The number of carbonyl (C=O) groups is 1. The van der Waals surface area contributed by atoms with Crippen LogP contribution in [-0.4, -0.2) is 6.03 Å². The lowest BCUT2D eigenvalue weighted by molar-refractivity contribution is 0.246. The van der Waals surface area contributed by atoms with Crippen molar-refractivity contribution in [2.24, 2.45) is 5.11 Å². The maximum atomic E-state index is 9.85. The third-order valence-electron chi connectivity index (χ3n) is 0.256. The normalized spacial score (nSPS) is 7.57. The fourth-order valence-electron chi connectivity index (χ4n) is 0.0684. The van der Waals surface area contributed by atoms with Crippen molar-refractivity contribution < 1.29 is 4.79 Å². The molecule has 40 valence electrons. The molecule has 0 atom stereocenters. The largest absolute Gasteiger partial charge is 0.374 e. The van der Waals surface area contributed by atoms with Crippen LogP contribution in [0.1, 0.15) is 0 Å². The van der Waals surface area contributed by atoms with Crippen LogP contribution in [0.2, 0.25) is 0 Å². The molecule has 0 aliphatic rings. The summed E-state index contributed by atoms with van der Waals surface area (Å²) in [5, 5.41) is 2.49. The van der Waals surface area contributed by atoms with E-state index >= 15 is 0 Å². The number of rotatable bonds is 1. The number of carbonyl (C=O) groups excluding carboxylic acids is 1. The Morgan fingerprint density at radius 3 is 2.57 bits per heavy atom. The minimum Gasteiger partial charge on any atom is -0.260 e. The molecular weight excluding hydrogens is 164 g/mol. The third kappa shape index (κ3) is 3.34. The van der Waals surface area contributed by atoms with Crippen molar-refractivity contribution in [1.29, 1.82) is 5.53 Å². The maximum Gasteiger partial charge on any atom is 0.374 e. The molecule has 0 unspecified atom stereocenters. The van der Waals surface area contributed by atoms with Crippen LogP contribution in [0.5, 0.6) is 0 Å². The average Bonchev–Trinajstić information content (AvgIpc) is 1.68. The Labute approximate surface area is 48.3 Å². The monoisotopic (exact) mass is 166 g/mol. The molecule has 6 heteroatoms. The topological polar surface area (TPSA) is 77.3 Å². The lowest BCUT2D eigenvalue weighted by Crippen LogP contribution is -2.26. The molecule has 0 fully saturated rings. The molecular formula is CH3BrN4O. The summed E-state index contributed by atoms with van der Waals surface area (Å²) >= 11 is 2.67. The molecule has 0 heterocycles. The van der Waals surface area contributed by atoms with E-state index in [2.05, 4.69) is 25.7 Å². The summed E-state index contributed by atoms with van der Waals surface area (Å²) in [6.07, 6.45) is 0. The minimum atomic E-state index is -0.739. The molecule has 0 rings (SSSR count). The summed E-state index contributed by atoms with van der Waals surface area (Å²) in [4.78, 5) is 9.85. The van der Waals surface area contributed by atoms with Gasteiger partial charge in [-0.2, -0.15) is 9.98 Å². The predicted molar refractivity (Wildman–Crippen MR) is 25.7 cm³/mol. The van der Waals surface area contributed by atoms with Gasteiger partial charge in [-0.05, 0) is 0 Å². The van der Waals surface area contributed by atoms with Crippen LogP contribution in [0.25, 0.3) is 0 Å². The second-order valence-corrected chi connectivity index (χ2v) is 1.03. The van der Waals surface area contributed by atoms with Crippen molar-refractivity contribution in [2.45, 2.75) is 0 Å². The molecule has 0 radical (unpaired) electrons. The highest BCUT2D eigenvalue weighted by Gasteiger charge is 1.87. The fourth-order valence-corrected chi connectivity index (χ4v) is 0.238. The second kappa shape index (κ2) is 3.69. The number of nitrogens with zero attached hydrogens (tertiary/aromatic N) is 1. The Morgan fingerprint density at radius 2 is 2.43 bits per heavy atom. The van der Waals surface area contributed by atoms with Crippen LogP contribution in [0, 0.1) is 5.53 Å². The van der Waals surface area contributed by atoms with Crippen LogP contribution in [0.4, 0.5) is 4.79 Å². The first-order chi connectivity index (χ1) is 3.31. The molecule has 0 aromatic carbocycles. The molecule has 2 amide bonds. The predicted octanol–water partition coefficient (Wildman–Crippen LogP) is 0.541. The van der Waals surface area contributed by atoms with Crippen LogP contribution < -0.4 is 9.88 Å². The van der Waals surface area contributed by atoms with Crippen molar-refractivity contribution in [3.05, 3.63) is 0 Å². The van der Waals surface area contributed by atoms with Gasteiger partial charge in [0, 0.05) is 16.1 Å². The van der Waals surface area contributed by atoms with Gasteiger partial charge in [0.1, 0.15) is 0 Å². The number of nitrogens with one attached hydrogen (secondary N) is 3. The molecule has 7 heavy (non-hydrogen) atoms. The molecule has 0 saturated carbocycles. The van der Waals surface area contributed by atoms with E-state index in [1.165, 1.54) is 0 Å². The van der Waals surface area contributed by atoms with Gasteiger partial charge >= 0.3 is 6.03 Å². The lowest BCUT2D eigenvalue weighted by atomic mass is 11.1. The van der Waals surface area contributed by atoms with Crippen molar-refractivity contribution in [3.8, 4) is 0 Å². The molecule has 0 aromatic heterocycles. The van der Waals surface area contributed by atoms with Gasteiger partial charge in [0.25, 0.3) is 0 Å². The summed E-state index contributed by atoms with van der Waals surface area (Å²) in [6.45, 7) is 0. The Kier molecular flexibility index (Phi) is 3.43. The Hall–Kier alpha value is -0.490. The maximum absolute atomic E-state index is 9.85. The highest BCUT2D eigenvalue weighted by Crippen LogP contribution is 1.67. The SMILES string of the molecule is N=NC(=O)NNBr. The summed E-state index contributed by atoms with van der Waals surface area (Å²) in [5.74, 6) is 0. The van der Waals surface area contributed by atoms with E-state index in [0.717, 1.165) is 0 Å². The van der Waals surface area contributed by atoms with Crippen molar-refractivity contribution in [1.82, 2.24) is 9.88 Å². The van der Waals surface area contributed by atoms with E-state index < -0.39 is 6.03 Å². The molecule has 0 aromatic rings. The molecule has 3 N–H and O–H groups in total. The lowest BCUT2D eigenvalue weighted by Gasteiger charge is -1.88. The number of hydrogen-bond acceptors (Lipinski definition) is 3. The van der Waals surface area contributed by atoms with Gasteiger partial charge < -0.3 is 0 Å². The molecule has 0 saturated heterocycles. The zero-order valence-electron chi connectivity index (χ0n) is 3.23. The van der Waals surface area contributed by atoms with Crippen LogP contribution in [-0.2, 0) is 0 Å². The average molecular weight is 167 g/mol. The Morgan fingerprint density at radius 1 is 1.86 bits per heavy atom. The smallest absolute Gasteiger partial charge is 0.260 e. The Bertz CT molecular complexity index is 81.8. The first-order valence-electron chi connectivity index (χ1n) is 1.34. The van der Waals surface area contributed by atoms with Gasteiger partial charge in [-0.25, -0.2) is 4.79 Å².